The predicted molar refractivity (Wildman–Crippen MR) is 112 cm³/mol. The number of carbonyl (C=O) groups excluding carboxylic acids is 2. The van der Waals surface area contributed by atoms with Crippen molar-refractivity contribution in [1.82, 2.24) is 4.90 Å². The molecule has 4 rings (SSSR count). The Labute approximate surface area is 177 Å². The topological polar surface area (TPSA) is 83.0 Å². The number of halogens is 2. The molecule has 1 atom stereocenters. The fraction of sp³-hybridized carbons (Fsp3) is 0.286. The van der Waals surface area contributed by atoms with Crippen molar-refractivity contribution in [2.24, 2.45) is 5.16 Å². The van der Waals surface area contributed by atoms with Crippen LogP contribution in [0.25, 0.3) is 0 Å². The fourth-order valence-electron chi connectivity index (χ4n) is 3.67. The average molecular weight is 431 g/mol. The first kappa shape index (κ1) is 20.2. The Kier molecular flexibility index (Phi) is 5.59. The van der Waals surface area contributed by atoms with E-state index in [1.807, 2.05) is 0 Å². The van der Waals surface area contributed by atoms with Crippen molar-refractivity contribution in [2.75, 3.05) is 23.7 Å². The second kappa shape index (κ2) is 8.31. The van der Waals surface area contributed by atoms with E-state index in [-0.39, 0.29) is 24.2 Å². The number of hydrogen-bond acceptors (Lipinski definition) is 4. The molecule has 2 N–H and O–H groups in total. The third-order valence-corrected chi connectivity index (χ3v) is 5.32. The van der Waals surface area contributed by atoms with Gasteiger partial charge in [-0.2, -0.15) is 0 Å². The molecule has 1 unspecified atom stereocenters. The molecule has 1 spiro atoms. The monoisotopic (exact) mass is 430 g/mol. The summed E-state index contributed by atoms with van der Waals surface area (Å²) in [5.41, 5.74) is 0.474. The van der Waals surface area contributed by atoms with Gasteiger partial charge < -0.3 is 20.4 Å². The van der Waals surface area contributed by atoms with Crippen molar-refractivity contribution < 1.29 is 18.8 Å². The van der Waals surface area contributed by atoms with Crippen LogP contribution in [0.3, 0.4) is 0 Å². The molecule has 0 saturated carbocycles. The van der Waals surface area contributed by atoms with Gasteiger partial charge in [-0.1, -0.05) is 28.9 Å². The van der Waals surface area contributed by atoms with Gasteiger partial charge in [-0.15, -0.1) is 0 Å². The molecule has 0 aliphatic carbocycles. The maximum atomic E-state index is 13.4. The van der Waals surface area contributed by atoms with Crippen molar-refractivity contribution >= 4 is 40.6 Å². The van der Waals surface area contributed by atoms with Crippen LogP contribution in [0.1, 0.15) is 19.3 Å². The van der Waals surface area contributed by atoms with E-state index < -0.39 is 11.4 Å². The summed E-state index contributed by atoms with van der Waals surface area (Å²) < 4.78 is 13.4. The van der Waals surface area contributed by atoms with Crippen LogP contribution in [0.15, 0.2) is 53.7 Å². The first-order chi connectivity index (χ1) is 14.4. The number of rotatable bonds is 3. The van der Waals surface area contributed by atoms with E-state index in [0.717, 1.165) is 0 Å². The smallest absolute Gasteiger partial charge is 0.321 e. The number of oxime groups is 1. The minimum absolute atomic E-state index is 0.266. The molecule has 2 aliphatic heterocycles. The number of nitrogens with one attached hydrogen (secondary N) is 2. The summed E-state index contributed by atoms with van der Waals surface area (Å²) in [5.74, 6) is -0.790. The van der Waals surface area contributed by atoms with E-state index in [1.165, 1.54) is 18.2 Å². The van der Waals surface area contributed by atoms with Gasteiger partial charge in [-0.05, 0) is 49.2 Å². The second-order valence-corrected chi connectivity index (χ2v) is 7.86. The average Bonchev–Trinajstić information content (AvgIpc) is 3.11. The van der Waals surface area contributed by atoms with Crippen LogP contribution in [0.4, 0.5) is 20.6 Å². The molecule has 2 aromatic rings. The number of hydrogen-bond donors (Lipinski definition) is 2. The summed E-state index contributed by atoms with van der Waals surface area (Å²) in [7, 11) is 0. The van der Waals surface area contributed by atoms with E-state index in [1.54, 1.807) is 35.2 Å². The minimum atomic E-state index is -0.738. The molecule has 1 fully saturated rings. The van der Waals surface area contributed by atoms with Gasteiger partial charge >= 0.3 is 6.03 Å². The first-order valence-corrected chi connectivity index (χ1v) is 9.94. The SMILES string of the molecule is O=C(Nc1cccc(Cl)c1)C1=NOC2(CCCN(C(=O)Nc3cccc(F)c3)C2)C1. The van der Waals surface area contributed by atoms with Crippen LogP contribution in [-0.2, 0) is 9.63 Å². The maximum Gasteiger partial charge on any atom is 0.321 e. The van der Waals surface area contributed by atoms with Gasteiger partial charge in [0.1, 0.15) is 11.5 Å². The van der Waals surface area contributed by atoms with E-state index >= 15 is 0 Å². The quantitative estimate of drug-likeness (QED) is 0.763. The van der Waals surface area contributed by atoms with Crippen LogP contribution < -0.4 is 10.6 Å². The maximum absolute atomic E-state index is 13.4. The lowest BCUT2D eigenvalue weighted by molar-refractivity contribution is -0.110. The molecular formula is C21H20ClFN4O3. The Morgan fingerprint density at radius 2 is 1.90 bits per heavy atom. The van der Waals surface area contributed by atoms with E-state index in [0.29, 0.717) is 42.2 Å². The molecule has 9 heteroatoms. The summed E-state index contributed by atoms with van der Waals surface area (Å²) in [6.45, 7) is 0.821. The highest BCUT2D eigenvalue weighted by molar-refractivity contribution is 6.43. The van der Waals surface area contributed by atoms with Gasteiger partial charge in [0.25, 0.3) is 5.91 Å². The second-order valence-electron chi connectivity index (χ2n) is 7.42. The molecule has 30 heavy (non-hydrogen) atoms. The van der Waals surface area contributed by atoms with E-state index in [2.05, 4.69) is 15.8 Å². The summed E-state index contributed by atoms with van der Waals surface area (Å²) in [6.07, 6.45) is 1.67. The van der Waals surface area contributed by atoms with Gasteiger partial charge in [-0.25, -0.2) is 9.18 Å². The van der Waals surface area contributed by atoms with Crippen LogP contribution in [-0.4, -0.2) is 41.2 Å². The van der Waals surface area contributed by atoms with Gasteiger partial charge in [0, 0.05) is 29.4 Å². The molecule has 3 amide bonds. The Morgan fingerprint density at radius 1 is 1.13 bits per heavy atom. The number of carbonyl (C=O) groups is 2. The largest absolute Gasteiger partial charge is 0.386 e. The van der Waals surface area contributed by atoms with Crippen LogP contribution in [0.5, 0.6) is 0 Å². The number of piperidine rings is 1. The molecular weight excluding hydrogens is 411 g/mol. The highest BCUT2D eigenvalue weighted by atomic mass is 35.5. The summed E-state index contributed by atoms with van der Waals surface area (Å²) in [6, 6.07) is 12.2. The van der Waals surface area contributed by atoms with Gasteiger partial charge in [0.15, 0.2) is 5.60 Å². The summed E-state index contributed by atoms with van der Waals surface area (Å²) in [5, 5.41) is 9.95. The zero-order chi connectivity index (χ0) is 21.1. The van der Waals surface area contributed by atoms with Crippen LogP contribution in [0.2, 0.25) is 5.02 Å². The van der Waals surface area contributed by atoms with Crippen LogP contribution >= 0.6 is 11.6 Å². The standard InChI is InChI=1S/C21H20ClFN4O3/c22-14-4-1-6-16(10-14)24-19(28)18-12-21(30-26-18)8-3-9-27(13-21)20(29)25-17-7-2-5-15(23)11-17/h1-2,4-7,10-11H,3,8-9,12-13H2,(H,24,28)(H,25,29). The molecule has 2 aromatic carbocycles. The number of nitrogens with zero attached hydrogens (tertiary/aromatic N) is 2. The lowest BCUT2D eigenvalue weighted by Gasteiger charge is -2.38. The highest BCUT2D eigenvalue weighted by Crippen LogP contribution is 2.34. The fourth-order valence-corrected chi connectivity index (χ4v) is 3.86. The van der Waals surface area contributed by atoms with Crippen molar-refractivity contribution in [3.8, 4) is 0 Å². The third-order valence-electron chi connectivity index (χ3n) is 5.09. The Hall–Kier alpha value is -3.13. The molecule has 2 aliphatic rings. The molecule has 2 heterocycles. The van der Waals surface area contributed by atoms with Crippen molar-refractivity contribution in [2.45, 2.75) is 24.9 Å². The zero-order valence-electron chi connectivity index (χ0n) is 16.0. The molecule has 0 radical (unpaired) electrons. The molecule has 0 bridgehead atoms. The van der Waals surface area contributed by atoms with Gasteiger partial charge in [0.2, 0.25) is 0 Å². The molecule has 7 nitrogen and oxygen atoms in total. The lowest BCUT2D eigenvalue weighted by Crippen LogP contribution is -2.52. The van der Waals surface area contributed by atoms with Crippen molar-refractivity contribution in [3.05, 3.63) is 59.4 Å². The lowest BCUT2D eigenvalue weighted by atomic mass is 9.88. The van der Waals surface area contributed by atoms with E-state index in [9.17, 15) is 14.0 Å². The zero-order valence-corrected chi connectivity index (χ0v) is 16.8. The number of likely N-dealkylation sites (tertiary alicyclic amines) is 1. The Morgan fingerprint density at radius 3 is 2.67 bits per heavy atom. The minimum Gasteiger partial charge on any atom is -0.386 e. The van der Waals surface area contributed by atoms with Crippen molar-refractivity contribution in [1.29, 1.82) is 0 Å². The Balaban J connectivity index is 1.37. The number of anilines is 2. The first-order valence-electron chi connectivity index (χ1n) is 9.56. The Bertz CT molecular complexity index is 1020. The number of amides is 3. The highest BCUT2D eigenvalue weighted by Gasteiger charge is 2.45. The molecule has 0 aromatic heterocycles. The predicted octanol–water partition coefficient (Wildman–Crippen LogP) is 4.26. The normalized spacial score (nSPS) is 20.5. The summed E-state index contributed by atoms with van der Waals surface area (Å²) >= 11 is 5.95. The van der Waals surface area contributed by atoms with E-state index in [4.69, 9.17) is 16.4 Å². The van der Waals surface area contributed by atoms with Crippen molar-refractivity contribution in [3.63, 3.8) is 0 Å². The number of benzene rings is 2. The number of urea groups is 1. The third kappa shape index (κ3) is 4.54. The molecule has 156 valence electrons. The molecule has 1 saturated heterocycles. The van der Waals surface area contributed by atoms with Gasteiger partial charge in [-0.3, -0.25) is 4.79 Å². The van der Waals surface area contributed by atoms with Gasteiger partial charge in [0.05, 0.1) is 6.54 Å². The van der Waals surface area contributed by atoms with Crippen LogP contribution in [0, 0.1) is 5.82 Å². The summed E-state index contributed by atoms with van der Waals surface area (Å²) in [4.78, 5) is 32.4.